The molecule has 2 heterocycles. The van der Waals surface area contributed by atoms with E-state index in [0.717, 1.165) is 0 Å². The summed E-state index contributed by atoms with van der Waals surface area (Å²) in [6.07, 6.45) is 1.54. The van der Waals surface area contributed by atoms with Crippen LogP contribution in [0.15, 0.2) is 65.0 Å². The van der Waals surface area contributed by atoms with Crippen LogP contribution in [-0.4, -0.2) is 30.7 Å². The predicted octanol–water partition coefficient (Wildman–Crippen LogP) is 4.01. The molecule has 0 fully saturated rings. The largest absolute Gasteiger partial charge is 0.507 e. The van der Waals surface area contributed by atoms with E-state index in [2.05, 4.69) is 15.2 Å². The number of imidazole rings is 1. The molecule has 0 atom stereocenters. The van der Waals surface area contributed by atoms with Crippen molar-refractivity contribution in [1.82, 2.24) is 9.38 Å². The number of hydrogen-bond donors (Lipinski definition) is 3. The van der Waals surface area contributed by atoms with Gasteiger partial charge in [-0.3, -0.25) is 4.40 Å². The van der Waals surface area contributed by atoms with Crippen molar-refractivity contribution in [2.75, 3.05) is 0 Å². The zero-order valence-electron chi connectivity index (χ0n) is 13.2. The van der Waals surface area contributed by atoms with Crippen LogP contribution in [0.2, 0.25) is 0 Å². The van der Waals surface area contributed by atoms with Gasteiger partial charge in [0.25, 0.3) is 0 Å². The highest BCUT2D eigenvalue weighted by Crippen LogP contribution is 2.33. The summed E-state index contributed by atoms with van der Waals surface area (Å²) in [4.78, 5) is 15.4. The van der Waals surface area contributed by atoms with Crippen LogP contribution in [0.1, 0.15) is 10.5 Å². The predicted molar refractivity (Wildman–Crippen MR) is 93.6 cm³/mol. The van der Waals surface area contributed by atoms with E-state index in [9.17, 15) is 20.1 Å². The number of pyridine rings is 1. The van der Waals surface area contributed by atoms with Crippen molar-refractivity contribution in [3.05, 3.63) is 60.4 Å². The quantitative estimate of drug-likeness (QED) is 0.483. The van der Waals surface area contributed by atoms with Gasteiger partial charge in [-0.25, -0.2) is 9.78 Å². The van der Waals surface area contributed by atoms with E-state index in [1.165, 1.54) is 16.7 Å². The smallest absolute Gasteiger partial charge is 0.358 e. The third-order valence-electron chi connectivity index (χ3n) is 3.94. The number of azo groups is 1. The molecule has 128 valence electrons. The Morgan fingerprint density at radius 1 is 0.923 bits per heavy atom. The van der Waals surface area contributed by atoms with Gasteiger partial charge < -0.3 is 15.3 Å². The molecule has 3 N–H and O–H groups in total. The molecule has 2 aromatic carbocycles. The summed E-state index contributed by atoms with van der Waals surface area (Å²) in [6, 6.07) is 13.2. The van der Waals surface area contributed by atoms with Crippen molar-refractivity contribution in [3.8, 4) is 11.5 Å². The van der Waals surface area contributed by atoms with E-state index in [4.69, 9.17) is 0 Å². The summed E-state index contributed by atoms with van der Waals surface area (Å²) in [7, 11) is 0. The van der Waals surface area contributed by atoms with Crippen LogP contribution in [-0.2, 0) is 0 Å². The number of aromatic nitrogens is 2. The normalized spacial score (nSPS) is 11.5. The minimum absolute atomic E-state index is 0.0134. The molecule has 0 unspecified atom stereocenters. The van der Waals surface area contributed by atoms with Crippen molar-refractivity contribution < 1.29 is 20.1 Å². The van der Waals surface area contributed by atoms with Crippen LogP contribution in [0.25, 0.3) is 16.4 Å². The molecule has 0 amide bonds. The Labute approximate surface area is 146 Å². The van der Waals surface area contributed by atoms with Gasteiger partial charge in [-0.2, -0.15) is 0 Å². The first-order valence-corrected chi connectivity index (χ1v) is 7.62. The van der Waals surface area contributed by atoms with Crippen molar-refractivity contribution in [2.24, 2.45) is 10.2 Å². The lowest BCUT2D eigenvalue weighted by Crippen LogP contribution is -1.96. The second kappa shape index (κ2) is 5.85. The lowest BCUT2D eigenvalue weighted by molar-refractivity contribution is 0.0692. The molecule has 26 heavy (non-hydrogen) atoms. The molecule has 2 aromatic heterocycles. The molecule has 4 aromatic rings. The number of rotatable bonds is 3. The molecule has 8 heteroatoms. The van der Waals surface area contributed by atoms with Crippen molar-refractivity contribution in [1.29, 1.82) is 0 Å². The maximum absolute atomic E-state index is 11.5. The highest BCUT2D eigenvalue weighted by molar-refractivity contribution is 5.96. The number of nitrogens with zero attached hydrogens (tertiary/aromatic N) is 4. The SMILES string of the molecule is O=C(O)c1nc2c(O)cccn2c1N=Nc1cccc2c(O)cccc12. The zero-order valence-corrected chi connectivity index (χ0v) is 13.2. The molecule has 0 saturated carbocycles. The summed E-state index contributed by atoms with van der Waals surface area (Å²) in [5, 5.41) is 38.7. The highest BCUT2D eigenvalue weighted by Gasteiger charge is 2.20. The summed E-state index contributed by atoms with van der Waals surface area (Å²) >= 11 is 0. The topological polar surface area (TPSA) is 120 Å². The first-order valence-electron chi connectivity index (χ1n) is 7.62. The monoisotopic (exact) mass is 348 g/mol. The number of aromatic hydroxyl groups is 2. The number of carboxylic acid groups (broad SMARTS) is 1. The molecule has 0 aliphatic heterocycles. The fraction of sp³-hybridized carbons (Fsp3) is 0. The van der Waals surface area contributed by atoms with Crippen LogP contribution in [0.4, 0.5) is 11.5 Å². The average molecular weight is 348 g/mol. The fourth-order valence-electron chi connectivity index (χ4n) is 2.75. The molecular weight excluding hydrogens is 336 g/mol. The van der Waals surface area contributed by atoms with Crippen LogP contribution >= 0.6 is 0 Å². The highest BCUT2D eigenvalue weighted by atomic mass is 16.4. The summed E-state index contributed by atoms with van der Waals surface area (Å²) in [5.41, 5.74) is 0.220. The molecular formula is C18H12N4O4. The fourth-order valence-corrected chi connectivity index (χ4v) is 2.75. The van der Waals surface area contributed by atoms with E-state index in [1.807, 2.05) is 0 Å². The van der Waals surface area contributed by atoms with Gasteiger partial charge in [0.2, 0.25) is 0 Å². The van der Waals surface area contributed by atoms with Crippen molar-refractivity contribution in [3.63, 3.8) is 0 Å². The molecule has 8 nitrogen and oxygen atoms in total. The number of carbonyl (C=O) groups is 1. The summed E-state index contributed by atoms with van der Waals surface area (Å²) in [6.45, 7) is 0. The van der Waals surface area contributed by atoms with E-state index in [1.54, 1.807) is 42.5 Å². The first-order chi connectivity index (χ1) is 12.6. The molecule has 4 rings (SSSR count). The Bertz CT molecular complexity index is 1200. The average Bonchev–Trinajstić information content (AvgIpc) is 3.01. The van der Waals surface area contributed by atoms with E-state index in [-0.39, 0.29) is 28.7 Å². The van der Waals surface area contributed by atoms with Gasteiger partial charge in [0.1, 0.15) is 5.75 Å². The maximum Gasteiger partial charge on any atom is 0.358 e. The first kappa shape index (κ1) is 15.6. The standard InChI is InChI=1S/C18H12N4O4/c23-13-7-2-4-10-11(13)5-1-6-12(10)20-21-17-15(18(25)26)19-16-14(24)8-3-9-22(16)17/h1-9,23-24H,(H,25,26). The molecule has 0 radical (unpaired) electrons. The molecule has 0 spiro atoms. The van der Waals surface area contributed by atoms with Crippen LogP contribution in [0.5, 0.6) is 11.5 Å². The van der Waals surface area contributed by atoms with Crippen LogP contribution < -0.4 is 0 Å². The Balaban J connectivity index is 1.91. The number of aromatic carboxylic acids is 1. The van der Waals surface area contributed by atoms with E-state index in [0.29, 0.717) is 16.5 Å². The number of hydrogen-bond acceptors (Lipinski definition) is 6. The summed E-state index contributed by atoms with van der Waals surface area (Å²) in [5.74, 6) is -1.34. The van der Waals surface area contributed by atoms with Crippen LogP contribution in [0, 0.1) is 0 Å². The Hall–Kier alpha value is -3.94. The molecule has 0 aliphatic rings. The Morgan fingerprint density at radius 3 is 2.46 bits per heavy atom. The third-order valence-corrected chi connectivity index (χ3v) is 3.94. The molecule has 0 aliphatic carbocycles. The van der Waals surface area contributed by atoms with Crippen molar-refractivity contribution >= 4 is 33.9 Å². The second-order valence-electron chi connectivity index (χ2n) is 5.53. The van der Waals surface area contributed by atoms with Gasteiger partial charge in [0.05, 0.1) is 5.69 Å². The lowest BCUT2D eigenvalue weighted by atomic mass is 10.1. The maximum atomic E-state index is 11.5. The number of phenolic OH excluding ortho intramolecular Hbond substituents is 1. The zero-order chi connectivity index (χ0) is 18.3. The number of benzene rings is 2. The lowest BCUT2D eigenvalue weighted by Gasteiger charge is -2.03. The summed E-state index contributed by atoms with van der Waals surface area (Å²) < 4.78 is 1.35. The van der Waals surface area contributed by atoms with Crippen LogP contribution in [0.3, 0.4) is 0 Å². The Morgan fingerprint density at radius 2 is 1.65 bits per heavy atom. The number of phenols is 1. The van der Waals surface area contributed by atoms with Gasteiger partial charge in [0, 0.05) is 17.0 Å². The molecule has 0 saturated heterocycles. The van der Waals surface area contributed by atoms with Gasteiger partial charge in [-0.15, -0.1) is 10.2 Å². The number of carboxylic acids is 1. The Kier molecular flexibility index (Phi) is 3.51. The minimum atomic E-state index is -1.28. The second-order valence-corrected chi connectivity index (χ2v) is 5.53. The van der Waals surface area contributed by atoms with Gasteiger partial charge >= 0.3 is 5.97 Å². The third kappa shape index (κ3) is 2.40. The minimum Gasteiger partial charge on any atom is -0.507 e. The van der Waals surface area contributed by atoms with E-state index < -0.39 is 5.97 Å². The van der Waals surface area contributed by atoms with Gasteiger partial charge in [-0.05, 0) is 24.3 Å². The van der Waals surface area contributed by atoms with E-state index >= 15 is 0 Å². The van der Waals surface area contributed by atoms with Gasteiger partial charge in [-0.1, -0.05) is 24.3 Å². The van der Waals surface area contributed by atoms with Gasteiger partial charge in [0.15, 0.2) is 22.9 Å². The number of fused-ring (bicyclic) bond motifs is 2. The van der Waals surface area contributed by atoms with Crippen molar-refractivity contribution in [2.45, 2.75) is 0 Å². The molecule has 0 bridgehead atoms.